The van der Waals surface area contributed by atoms with Crippen molar-refractivity contribution in [1.82, 2.24) is 9.97 Å². The van der Waals surface area contributed by atoms with Gasteiger partial charge in [0.2, 0.25) is 0 Å². The van der Waals surface area contributed by atoms with Crippen LogP contribution in [0.25, 0.3) is 11.3 Å². The van der Waals surface area contributed by atoms with Crippen LogP contribution in [0.15, 0.2) is 54.9 Å². The summed E-state index contributed by atoms with van der Waals surface area (Å²) in [5.41, 5.74) is 5.94. The fraction of sp³-hybridized carbons (Fsp3) is 0.320. The molecule has 0 saturated carbocycles. The van der Waals surface area contributed by atoms with Crippen LogP contribution in [0.5, 0.6) is 0 Å². The largest absolute Gasteiger partial charge is 0.386 e. The van der Waals surface area contributed by atoms with E-state index in [1.165, 1.54) is 6.92 Å². The Balaban J connectivity index is 1.67. The van der Waals surface area contributed by atoms with Crippen molar-refractivity contribution in [2.24, 2.45) is 5.92 Å². The molecular weight excluding hydrogens is 376 g/mol. The van der Waals surface area contributed by atoms with Gasteiger partial charge in [-0.1, -0.05) is 30.3 Å². The molecule has 2 N–H and O–H groups in total. The minimum atomic E-state index is -0.943. The fourth-order valence-electron chi connectivity index (χ4n) is 4.31. The number of carbonyl (C=O) groups excluding carboxylic acids is 2. The van der Waals surface area contributed by atoms with Gasteiger partial charge in [0, 0.05) is 48.5 Å². The third-order valence-electron chi connectivity index (χ3n) is 5.88. The maximum absolute atomic E-state index is 13.2. The molecule has 3 aromatic rings. The SMILES string of the molecule is C[C@H](O)C(=O)CCC1CC(=O)c2c([nH]c(-c3ccncc3)c2Cc2ccccc2)C1. The van der Waals surface area contributed by atoms with Gasteiger partial charge < -0.3 is 10.1 Å². The summed E-state index contributed by atoms with van der Waals surface area (Å²) in [4.78, 5) is 32.6. The molecule has 0 amide bonds. The van der Waals surface area contributed by atoms with Gasteiger partial charge in [-0.25, -0.2) is 0 Å². The molecule has 1 aliphatic rings. The minimum Gasteiger partial charge on any atom is -0.386 e. The van der Waals surface area contributed by atoms with Crippen molar-refractivity contribution in [1.29, 1.82) is 0 Å². The van der Waals surface area contributed by atoms with Crippen molar-refractivity contribution in [2.45, 2.75) is 45.1 Å². The van der Waals surface area contributed by atoms with Gasteiger partial charge >= 0.3 is 0 Å². The van der Waals surface area contributed by atoms with E-state index in [2.05, 4.69) is 22.1 Å². The van der Waals surface area contributed by atoms with E-state index >= 15 is 0 Å². The maximum atomic E-state index is 13.2. The van der Waals surface area contributed by atoms with Crippen molar-refractivity contribution in [3.8, 4) is 11.3 Å². The zero-order valence-corrected chi connectivity index (χ0v) is 17.1. The number of aromatic amines is 1. The maximum Gasteiger partial charge on any atom is 0.165 e. The van der Waals surface area contributed by atoms with Crippen LogP contribution in [-0.2, 0) is 17.6 Å². The first-order valence-corrected chi connectivity index (χ1v) is 10.4. The number of pyridine rings is 1. The zero-order valence-electron chi connectivity index (χ0n) is 17.1. The Labute approximate surface area is 176 Å². The van der Waals surface area contributed by atoms with Gasteiger partial charge in [0.15, 0.2) is 11.6 Å². The highest BCUT2D eigenvalue weighted by atomic mass is 16.3. The van der Waals surface area contributed by atoms with E-state index in [4.69, 9.17) is 0 Å². The number of carbonyl (C=O) groups is 2. The van der Waals surface area contributed by atoms with Gasteiger partial charge in [0.1, 0.15) is 6.10 Å². The van der Waals surface area contributed by atoms with Gasteiger partial charge in [0.25, 0.3) is 0 Å². The Kier molecular flexibility index (Phi) is 5.91. The molecule has 0 radical (unpaired) electrons. The molecule has 154 valence electrons. The normalized spacial score (nSPS) is 16.9. The first-order valence-electron chi connectivity index (χ1n) is 10.4. The molecule has 0 spiro atoms. The van der Waals surface area contributed by atoms with E-state index in [0.717, 1.165) is 40.1 Å². The molecule has 1 unspecified atom stereocenters. The van der Waals surface area contributed by atoms with Crippen LogP contribution >= 0.6 is 0 Å². The molecule has 2 heterocycles. The molecule has 0 saturated heterocycles. The molecule has 5 heteroatoms. The highest BCUT2D eigenvalue weighted by molar-refractivity contribution is 6.02. The summed E-state index contributed by atoms with van der Waals surface area (Å²) in [6.07, 6.45) is 5.35. The number of ketones is 2. The van der Waals surface area contributed by atoms with Crippen molar-refractivity contribution >= 4 is 11.6 Å². The standard InChI is InChI=1S/C25H26N2O3/c1-16(28)22(29)8-7-18-14-21-24(23(30)15-18)20(13-17-5-3-2-4-6-17)25(27-21)19-9-11-26-12-10-19/h2-6,9-12,16,18,27-28H,7-8,13-15H2,1H3/t16-,18?/m0/s1. The number of aromatic nitrogens is 2. The lowest BCUT2D eigenvalue weighted by Crippen LogP contribution is -2.23. The number of benzene rings is 1. The second kappa shape index (κ2) is 8.76. The Hall–Kier alpha value is -3.05. The summed E-state index contributed by atoms with van der Waals surface area (Å²) < 4.78 is 0. The Morgan fingerprint density at radius 1 is 1.17 bits per heavy atom. The lowest BCUT2D eigenvalue weighted by atomic mass is 9.81. The molecule has 0 fully saturated rings. The first-order chi connectivity index (χ1) is 14.5. The van der Waals surface area contributed by atoms with Crippen molar-refractivity contribution in [3.05, 3.63) is 77.2 Å². The summed E-state index contributed by atoms with van der Waals surface area (Å²) in [7, 11) is 0. The highest BCUT2D eigenvalue weighted by Crippen LogP contribution is 2.37. The van der Waals surface area contributed by atoms with Gasteiger partial charge in [-0.15, -0.1) is 0 Å². The third-order valence-corrected chi connectivity index (χ3v) is 5.88. The van der Waals surface area contributed by atoms with Crippen LogP contribution in [0.2, 0.25) is 0 Å². The van der Waals surface area contributed by atoms with Crippen molar-refractivity contribution in [3.63, 3.8) is 0 Å². The number of nitrogens with zero attached hydrogens (tertiary/aromatic N) is 1. The number of hydrogen-bond donors (Lipinski definition) is 2. The fourth-order valence-corrected chi connectivity index (χ4v) is 4.31. The van der Waals surface area contributed by atoms with Gasteiger partial charge in [-0.05, 0) is 48.9 Å². The molecule has 30 heavy (non-hydrogen) atoms. The summed E-state index contributed by atoms with van der Waals surface area (Å²) in [6.45, 7) is 1.49. The van der Waals surface area contributed by atoms with Crippen molar-refractivity contribution in [2.75, 3.05) is 0 Å². The smallest absolute Gasteiger partial charge is 0.165 e. The highest BCUT2D eigenvalue weighted by Gasteiger charge is 2.31. The molecule has 5 nitrogen and oxygen atoms in total. The predicted molar refractivity (Wildman–Crippen MR) is 115 cm³/mol. The quantitative estimate of drug-likeness (QED) is 0.622. The third kappa shape index (κ3) is 4.26. The van der Waals surface area contributed by atoms with Crippen LogP contribution in [0, 0.1) is 5.92 Å². The van der Waals surface area contributed by atoms with E-state index in [-0.39, 0.29) is 17.5 Å². The molecule has 0 aliphatic heterocycles. The topological polar surface area (TPSA) is 83.0 Å². The molecule has 4 rings (SSSR count). The number of aliphatic hydroxyl groups excluding tert-OH is 1. The molecule has 1 aromatic carbocycles. The van der Waals surface area contributed by atoms with E-state index in [1.807, 2.05) is 30.3 Å². The number of hydrogen-bond acceptors (Lipinski definition) is 4. The molecule has 1 aliphatic carbocycles. The minimum absolute atomic E-state index is 0.112. The lowest BCUT2D eigenvalue weighted by Gasteiger charge is -2.22. The Morgan fingerprint density at radius 2 is 1.90 bits per heavy atom. The number of Topliss-reactive ketones (excluding diaryl/α,β-unsaturated/α-hetero) is 2. The number of fused-ring (bicyclic) bond motifs is 1. The monoisotopic (exact) mass is 402 g/mol. The van der Waals surface area contributed by atoms with Crippen LogP contribution in [0.3, 0.4) is 0 Å². The van der Waals surface area contributed by atoms with E-state index in [1.54, 1.807) is 12.4 Å². The molecule has 0 bridgehead atoms. The van der Waals surface area contributed by atoms with Crippen molar-refractivity contribution < 1.29 is 14.7 Å². The average molecular weight is 402 g/mol. The zero-order chi connectivity index (χ0) is 21.1. The van der Waals surface area contributed by atoms with Crippen LogP contribution in [-0.4, -0.2) is 32.7 Å². The van der Waals surface area contributed by atoms with Gasteiger partial charge in [0.05, 0.1) is 5.69 Å². The number of nitrogens with one attached hydrogen (secondary N) is 1. The van der Waals surface area contributed by atoms with Crippen LogP contribution < -0.4 is 0 Å². The summed E-state index contributed by atoms with van der Waals surface area (Å²) >= 11 is 0. The Bertz CT molecular complexity index is 1040. The van der Waals surface area contributed by atoms with E-state index in [9.17, 15) is 14.7 Å². The van der Waals surface area contributed by atoms with E-state index < -0.39 is 6.10 Å². The second-order valence-electron chi connectivity index (χ2n) is 8.11. The Morgan fingerprint density at radius 3 is 2.60 bits per heavy atom. The number of aliphatic hydroxyl groups is 1. The number of H-pyrrole nitrogens is 1. The molecule has 2 atom stereocenters. The molecular formula is C25H26N2O3. The summed E-state index contributed by atoms with van der Waals surface area (Å²) in [5.74, 6) is 0.0800. The summed E-state index contributed by atoms with van der Waals surface area (Å²) in [6, 6.07) is 14.1. The lowest BCUT2D eigenvalue weighted by molar-refractivity contribution is -0.126. The predicted octanol–water partition coefficient (Wildman–Crippen LogP) is 4.14. The van der Waals surface area contributed by atoms with Gasteiger partial charge in [-0.2, -0.15) is 0 Å². The molecule has 2 aromatic heterocycles. The van der Waals surface area contributed by atoms with Crippen LogP contribution in [0.4, 0.5) is 0 Å². The second-order valence-corrected chi connectivity index (χ2v) is 8.11. The number of rotatable bonds is 7. The van der Waals surface area contributed by atoms with E-state index in [0.29, 0.717) is 25.7 Å². The van der Waals surface area contributed by atoms with Gasteiger partial charge in [-0.3, -0.25) is 14.6 Å². The average Bonchev–Trinajstić information content (AvgIpc) is 3.12. The van der Waals surface area contributed by atoms with Crippen LogP contribution in [0.1, 0.15) is 53.4 Å². The summed E-state index contributed by atoms with van der Waals surface area (Å²) in [5, 5.41) is 9.44. The first kappa shape index (κ1) is 20.2.